The minimum absolute atomic E-state index is 0.00929. The van der Waals surface area contributed by atoms with E-state index in [1.807, 2.05) is 0 Å². The number of aliphatic carboxylic acids is 2. The van der Waals surface area contributed by atoms with Crippen molar-refractivity contribution >= 4 is 52.0 Å². The molecule has 12 heteroatoms. The smallest absolute Gasteiger partial charge is 0.326 e. The van der Waals surface area contributed by atoms with Gasteiger partial charge >= 0.3 is 11.9 Å². The van der Waals surface area contributed by atoms with Gasteiger partial charge in [0, 0.05) is 18.5 Å². The Balaban J connectivity index is 1.67. The Kier molecular flexibility index (Phi) is 7.13. The van der Waals surface area contributed by atoms with Crippen LogP contribution in [-0.4, -0.2) is 44.1 Å². The molecular formula is C21H20ClN5O6. The number of aromatic nitrogens is 2. The van der Waals surface area contributed by atoms with Gasteiger partial charge in [-0.25, -0.2) is 9.78 Å². The monoisotopic (exact) mass is 473 g/mol. The fraction of sp³-hybridized carbons (Fsp3) is 0.190. The predicted octanol–water partition coefficient (Wildman–Crippen LogP) is 1.82. The maximum Gasteiger partial charge on any atom is 0.326 e. The molecule has 3 aromatic rings. The number of benzene rings is 2. The van der Waals surface area contributed by atoms with Crippen LogP contribution in [0.5, 0.6) is 0 Å². The molecule has 2 aromatic carbocycles. The molecule has 1 atom stereocenters. The molecule has 3 rings (SSSR count). The van der Waals surface area contributed by atoms with Crippen molar-refractivity contribution < 1.29 is 24.6 Å². The summed E-state index contributed by atoms with van der Waals surface area (Å²) in [5, 5.41) is 23.7. The molecule has 0 aliphatic rings. The number of fused-ring (bicyclic) bond motifs is 1. The van der Waals surface area contributed by atoms with Crippen molar-refractivity contribution in [1.82, 2.24) is 15.3 Å². The number of aromatic amines is 1. The SMILES string of the molecule is Nc1nc2ccc(NCc3ccc(C(=O)NC(CCC(=O)O)C(=O)O)cc3)c(Cl)c2c(=O)[nH]1. The Bertz CT molecular complexity index is 1270. The highest BCUT2D eigenvalue weighted by molar-refractivity contribution is 6.38. The summed E-state index contributed by atoms with van der Waals surface area (Å²) in [6, 6.07) is 8.34. The van der Waals surface area contributed by atoms with E-state index in [1.165, 1.54) is 12.1 Å². The van der Waals surface area contributed by atoms with Crippen molar-refractivity contribution in [1.29, 1.82) is 0 Å². The average Bonchev–Trinajstić information content (AvgIpc) is 2.75. The number of H-pyrrole nitrogens is 1. The molecule has 0 saturated heterocycles. The number of nitrogens with two attached hydrogens (primary N) is 1. The number of hydrogen-bond donors (Lipinski definition) is 6. The number of nitrogens with zero attached hydrogens (tertiary/aromatic N) is 1. The van der Waals surface area contributed by atoms with Crippen molar-refractivity contribution in [2.75, 3.05) is 11.1 Å². The lowest BCUT2D eigenvalue weighted by Gasteiger charge is -2.14. The lowest BCUT2D eigenvalue weighted by molar-refractivity contribution is -0.140. The van der Waals surface area contributed by atoms with Crippen LogP contribution in [-0.2, 0) is 16.1 Å². The Morgan fingerprint density at radius 1 is 1.12 bits per heavy atom. The number of nitrogens with one attached hydrogen (secondary N) is 3. The largest absolute Gasteiger partial charge is 0.481 e. The molecule has 1 unspecified atom stereocenters. The summed E-state index contributed by atoms with van der Waals surface area (Å²) in [4.78, 5) is 52.8. The molecule has 0 fully saturated rings. The van der Waals surface area contributed by atoms with Crippen LogP contribution >= 0.6 is 11.6 Å². The maximum atomic E-state index is 12.3. The summed E-state index contributed by atoms with van der Waals surface area (Å²) in [5.41, 5.74) is 6.97. The van der Waals surface area contributed by atoms with Crippen LogP contribution in [0.1, 0.15) is 28.8 Å². The van der Waals surface area contributed by atoms with Crippen LogP contribution in [0.4, 0.5) is 11.6 Å². The van der Waals surface area contributed by atoms with E-state index in [-0.39, 0.29) is 34.8 Å². The van der Waals surface area contributed by atoms with Crippen molar-refractivity contribution in [3.05, 3.63) is 62.9 Å². The van der Waals surface area contributed by atoms with Gasteiger partial charge in [-0.2, -0.15) is 0 Å². The molecule has 0 aliphatic heterocycles. The lowest BCUT2D eigenvalue weighted by Crippen LogP contribution is -2.41. The number of rotatable bonds is 9. The fourth-order valence-corrected chi connectivity index (χ4v) is 3.40. The average molecular weight is 474 g/mol. The van der Waals surface area contributed by atoms with Crippen LogP contribution in [0.15, 0.2) is 41.2 Å². The highest BCUT2D eigenvalue weighted by Gasteiger charge is 2.21. The van der Waals surface area contributed by atoms with Gasteiger partial charge in [0.05, 0.1) is 21.6 Å². The quantitative estimate of drug-likeness (QED) is 0.269. The number of carbonyl (C=O) groups excluding carboxylic acids is 1. The standard InChI is InChI=1S/C21H20ClN5O6/c22-17-13(6-5-12-16(17)19(31)27-21(23)26-12)24-9-10-1-3-11(4-2-10)18(30)25-14(20(32)33)7-8-15(28)29/h1-6,14,24H,7-9H2,(H,25,30)(H,28,29)(H,32,33)(H3,23,26,27,31). The maximum absolute atomic E-state index is 12.3. The third-order valence-corrected chi connectivity index (χ3v) is 5.17. The van der Waals surface area contributed by atoms with E-state index < -0.39 is 29.4 Å². The first-order valence-electron chi connectivity index (χ1n) is 9.72. The molecule has 1 heterocycles. The minimum atomic E-state index is -1.31. The summed E-state index contributed by atoms with van der Waals surface area (Å²) in [6.07, 6.45) is -0.607. The van der Waals surface area contributed by atoms with Crippen molar-refractivity contribution in [2.24, 2.45) is 0 Å². The van der Waals surface area contributed by atoms with E-state index in [4.69, 9.17) is 27.5 Å². The van der Waals surface area contributed by atoms with E-state index >= 15 is 0 Å². The zero-order valence-corrected chi connectivity index (χ0v) is 17.8. The van der Waals surface area contributed by atoms with Gasteiger partial charge in [-0.15, -0.1) is 0 Å². The number of hydrogen-bond acceptors (Lipinski definition) is 7. The second kappa shape index (κ2) is 10.0. The van der Waals surface area contributed by atoms with Gasteiger partial charge in [0.1, 0.15) is 6.04 Å². The summed E-state index contributed by atoms with van der Waals surface area (Å²) >= 11 is 6.35. The molecule has 7 N–H and O–H groups in total. The lowest BCUT2D eigenvalue weighted by atomic mass is 10.1. The predicted molar refractivity (Wildman–Crippen MR) is 121 cm³/mol. The van der Waals surface area contributed by atoms with Gasteiger partial charge in [-0.3, -0.25) is 19.4 Å². The van der Waals surface area contributed by atoms with E-state index in [2.05, 4.69) is 20.6 Å². The highest BCUT2D eigenvalue weighted by Crippen LogP contribution is 2.28. The van der Waals surface area contributed by atoms with Crippen LogP contribution in [0, 0.1) is 0 Å². The van der Waals surface area contributed by atoms with Crippen LogP contribution in [0.25, 0.3) is 10.9 Å². The molecule has 172 valence electrons. The van der Waals surface area contributed by atoms with Gasteiger partial charge in [0.25, 0.3) is 11.5 Å². The summed E-state index contributed by atoms with van der Waals surface area (Å²) in [6.45, 7) is 0.323. The minimum Gasteiger partial charge on any atom is -0.481 e. The molecule has 0 spiro atoms. The van der Waals surface area contributed by atoms with Crippen molar-refractivity contribution in [2.45, 2.75) is 25.4 Å². The fourth-order valence-electron chi connectivity index (χ4n) is 3.09. The van der Waals surface area contributed by atoms with Gasteiger partial charge in [-0.1, -0.05) is 23.7 Å². The molecule has 1 amide bonds. The Morgan fingerprint density at radius 3 is 2.45 bits per heavy atom. The van der Waals surface area contributed by atoms with Crippen molar-refractivity contribution in [3.63, 3.8) is 0 Å². The Labute approximate surface area is 191 Å². The van der Waals surface area contributed by atoms with Crippen molar-refractivity contribution in [3.8, 4) is 0 Å². The number of carbonyl (C=O) groups is 3. The molecule has 33 heavy (non-hydrogen) atoms. The zero-order valence-electron chi connectivity index (χ0n) is 17.1. The molecule has 0 saturated carbocycles. The van der Waals surface area contributed by atoms with E-state index in [1.54, 1.807) is 24.3 Å². The number of halogens is 1. The molecular weight excluding hydrogens is 454 g/mol. The first-order chi connectivity index (χ1) is 15.7. The first kappa shape index (κ1) is 23.5. The normalized spacial score (nSPS) is 11.7. The summed E-state index contributed by atoms with van der Waals surface area (Å²) < 4.78 is 0. The molecule has 0 aliphatic carbocycles. The molecule has 0 radical (unpaired) electrons. The van der Waals surface area contributed by atoms with Crippen LogP contribution in [0.3, 0.4) is 0 Å². The zero-order chi connectivity index (χ0) is 24.1. The molecule has 1 aromatic heterocycles. The third kappa shape index (κ3) is 5.77. The summed E-state index contributed by atoms with van der Waals surface area (Å²) in [7, 11) is 0. The number of nitrogen functional groups attached to an aromatic ring is 1. The second-order valence-corrected chi connectivity index (χ2v) is 7.50. The van der Waals surface area contributed by atoms with E-state index in [0.29, 0.717) is 17.7 Å². The second-order valence-electron chi connectivity index (χ2n) is 7.12. The van der Waals surface area contributed by atoms with Gasteiger partial charge in [-0.05, 0) is 36.2 Å². The van der Waals surface area contributed by atoms with Gasteiger partial charge < -0.3 is 26.6 Å². The number of amides is 1. The Morgan fingerprint density at radius 2 is 1.82 bits per heavy atom. The van der Waals surface area contributed by atoms with Gasteiger partial charge in [0.15, 0.2) is 0 Å². The van der Waals surface area contributed by atoms with Crippen LogP contribution in [0.2, 0.25) is 5.02 Å². The highest BCUT2D eigenvalue weighted by atomic mass is 35.5. The van der Waals surface area contributed by atoms with E-state index in [0.717, 1.165) is 5.56 Å². The van der Waals surface area contributed by atoms with Crippen LogP contribution < -0.4 is 21.9 Å². The molecule has 0 bridgehead atoms. The van der Waals surface area contributed by atoms with E-state index in [9.17, 15) is 19.2 Å². The number of carboxylic acids is 2. The van der Waals surface area contributed by atoms with Gasteiger partial charge in [0.2, 0.25) is 5.95 Å². The third-order valence-electron chi connectivity index (χ3n) is 4.78. The topological polar surface area (TPSA) is 187 Å². The summed E-state index contributed by atoms with van der Waals surface area (Å²) in [5.74, 6) is -3.10. The number of carboxylic acid groups (broad SMARTS) is 2. The molecule has 11 nitrogen and oxygen atoms in total. The Hall–Kier alpha value is -4.12. The first-order valence-corrected chi connectivity index (χ1v) is 10.1. The number of anilines is 2.